The summed E-state index contributed by atoms with van der Waals surface area (Å²) in [4.78, 5) is 0. The highest BCUT2D eigenvalue weighted by atomic mass is 14.3. The van der Waals surface area contributed by atoms with E-state index in [-0.39, 0.29) is 0 Å². The number of rotatable bonds is 4. The molecule has 0 heterocycles. The first-order valence-electron chi connectivity index (χ1n) is 6.04. The zero-order valence-corrected chi connectivity index (χ0v) is 11.6. The fraction of sp³-hybridized carbons (Fsp3) is 0.857. The smallest absolute Gasteiger partial charge is 0.0329 e. The minimum Gasteiger partial charge on any atom is -0.106 e. The van der Waals surface area contributed by atoms with Crippen molar-refractivity contribution >= 4 is 0 Å². The lowest BCUT2D eigenvalue weighted by molar-refractivity contribution is 0.236. The molecule has 88 valence electrons. The van der Waals surface area contributed by atoms with Crippen LogP contribution in [0.1, 0.15) is 67.7 Å². The fourth-order valence-electron chi connectivity index (χ4n) is 1.52. The molecular weight excluding hydrogens is 168 g/mol. The Hall–Kier alpha value is -0.260. The van der Waals surface area contributed by atoms with Gasteiger partial charge in [-0.25, -0.2) is 0 Å². The molecule has 0 aliphatic rings. The molecule has 0 N–H and O–H groups in total. The lowest BCUT2D eigenvalue weighted by Crippen LogP contribution is -2.16. The van der Waals surface area contributed by atoms with E-state index in [1.165, 1.54) is 19.3 Å². The summed E-state index contributed by atoms with van der Waals surface area (Å²) in [6, 6.07) is 0. The summed E-state index contributed by atoms with van der Waals surface area (Å²) in [5, 5.41) is 0. The first-order chi connectivity index (χ1) is 6.54. The maximum absolute atomic E-state index is 3.00. The fourth-order valence-corrected chi connectivity index (χ4v) is 1.52. The predicted molar refractivity (Wildman–Crippen MR) is 70.7 cm³/mol. The molecule has 0 aromatic rings. The van der Waals surface area contributed by atoms with E-state index in [4.69, 9.17) is 0 Å². The number of hydrogen-bond donors (Lipinski definition) is 0. The Labute approximate surface area is 92.8 Å². The van der Waals surface area contributed by atoms with Crippen LogP contribution in [0.4, 0.5) is 0 Å². The second-order valence-electron chi connectivity index (χ2n) is 4.12. The van der Waals surface area contributed by atoms with Crippen LogP contribution in [0, 0.1) is 11.3 Å². The van der Waals surface area contributed by atoms with Gasteiger partial charge in [-0.15, -0.1) is 13.2 Å². The summed E-state index contributed by atoms with van der Waals surface area (Å²) in [6.07, 6.45) is 4.02. The van der Waals surface area contributed by atoms with Crippen LogP contribution < -0.4 is 0 Å². The minimum absolute atomic E-state index is 0.605. The molecule has 0 bridgehead atoms. The zero-order chi connectivity index (χ0) is 12.2. The van der Waals surface area contributed by atoms with Gasteiger partial charge in [0.1, 0.15) is 0 Å². The molecule has 0 atom stereocenters. The lowest BCUT2D eigenvalue weighted by atomic mass is 9.78. The Bertz CT molecular complexity index is 88.2. The van der Waals surface area contributed by atoms with Crippen molar-refractivity contribution in [1.82, 2.24) is 0 Å². The largest absolute Gasteiger partial charge is 0.106 e. The van der Waals surface area contributed by atoms with Crippen molar-refractivity contribution in [3.05, 3.63) is 13.2 Å². The molecule has 14 heavy (non-hydrogen) atoms. The van der Waals surface area contributed by atoms with Gasteiger partial charge in [0.05, 0.1) is 0 Å². The Kier molecular flexibility index (Phi) is 17.6. The molecule has 0 amide bonds. The quantitative estimate of drug-likeness (QED) is 0.512. The lowest BCUT2D eigenvalue weighted by Gasteiger charge is -2.28. The molecule has 0 aromatic carbocycles. The molecule has 0 rings (SSSR count). The summed E-state index contributed by atoms with van der Waals surface area (Å²) in [5.74, 6) is 0.852. The van der Waals surface area contributed by atoms with Gasteiger partial charge >= 0.3 is 0 Å². The van der Waals surface area contributed by atoms with E-state index in [0.717, 1.165) is 5.92 Å². The molecule has 0 saturated heterocycles. The Morgan fingerprint density at radius 1 is 1.00 bits per heavy atom. The Balaban J connectivity index is -0.000000266. The second-order valence-corrected chi connectivity index (χ2v) is 4.12. The van der Waals surface area contributed by atoms with E-state index >= 15 is 0 Å². The van der Waals surface area contributed by atoms with E-state index in [0.29, 0.717) is 5.41 Å². The van der Waals surface area contributed by atoms with Crippen molar-refractivity contribution in [3.8, 4) is 0 Å². The summed E-state index contributed by atoms with van der Waals surface area (Å²) in [6.45, 7) is 21.6. The van der Waals surface area contributed by atoms with Crippen molar-refractivity contribution in [3.63, 3.8) is 0 Å². The number of hydrogen-bond acceptors (Lipinski definition) is 0. The van der Waals surface area contributed by atoms with E-state index in [2.05, 4.69) is 47.8 Å². The highest BCUT2D eigenvalue weighted by Gasteiger charge is 2.20. The third-order valence-electron chi connectivity index (χ3n) is 2.61. The van der Waals surface area contributed by atoms with Crippen LogP contribution in [-0.2, 0) is 0 Å². The van der Waals surface area contributed by atoms with Gasteiger partial charge in [-0.2, -0.15) is 0 Å². The van der Waals surface area contributed by atoms with Crippen LogP contribution in [-0.4, -0.2) is 0 Å². The maximum Gasteiger partial charge on any atom is -0.0329 e. The van der Waals surface area contributed by atoms with Gasteiger partial charge in [-0.3, -0.25) is 0 Å². The van der Waals surface area contributed by atoms with Crippen LogP contribution in [0.3, 0.4) is 0 Å². The van der Waals surface area contributed by atoms with Gasteiger partial charge in [-0.05, 0) is 17.8 Å². The van der Waals surface area contributed by atoms with Crippen LogP contribution in [0.5, 0.6) is 0 Å². The van der Waals surface area contributed by atoms with Crippen molar-refractivity contribution in [1.29, 1.82) is 0 Å². The average molecular weight is 200 g/mol. The monoisotopic (exact) mass is 200 g/mol. The topological polar surface area (TPSA) is 0 Å². The summed E-state index contributed by atoms with van der Waals surface area (Å²) < 4.78 is 0. The molecule has 0 aromatic heterocycles. The van der Waals surface area contributed by atoms with Crippen LogP contribution in [0.25, 0.3) is 0 Å². The zero-order valence-electron chi connectivity index (χ0n) is 11.6. The summed E-state index contributed by atoms with van der Waals surface area (Å²) in [5.41, 5.74) is 0.605. The van der Waals surface area contributed by atoms with Crippen molar-refractivity contribution < 1.29 is 0 Å². The highest BCUT2D eigenvalue weighted by Crippen LogP contribution is 2.32. The van der Waals surface area contributed by atoms with Gasteiger partial charge in [0, 0.05) is 0 Å². The molecule has 0 unspecified atom stereocenters. The van der Waals surface area contributed by atoms with Gasteiger partial charge in [0.25, 0.3) is 0 Å². The molecule has 0 aliphatic heterocycles. The first kappa shape index (κ1) is 19.3. The average Bonchev–Trinajstić information content (AvgIpc) is 2.23. The predicted octanol–water partition coefficient (Wildman–Crippen LogP) is 5.69. The molecule has 0 aliphatic carbocycles. The molecule has 0 saturated carbocycles. The third kappa shape index (κ3) is 11.7. The van der Waals surface area contributed by atoms with E-state index in [1.54, 1.807) is 0 Å². The van der Waals surface area contributed by atoms with Crippen molar-refractivity contribution in [2.45, 2.75) is 67.7 Å². The van der Waals surface area contributed by atoms with Crippen LogP contribution in [0.2, 0.25) is 0 Å². The minimum atomic E-state index is 0.605. The SMILES string of the molecule is C=C.CC.CCC(C)(CC)CC(C)C. The second kappa shape index (κ2) is 12.7. The maximum atomic E-state index is 3.00. The Morgan fingerprint density at radius 3 is 1.36 bits per heavy atom. The summed E-state index contributed by atoms with van der Waals surface area (Å²) in [7, 11) is 0. The highest BCUT2D eigenvalue weighted by molar-refractivity contribution is 4.71. The standard InChI is InChI=1S/C10H22.C2H6.C2H4/c1-6-10(5,7-2)8-9(3)4;2*1-2/h9H,6-8H2,1-5H3;1-2H3;1-2H2. The summed E-state index contributed by atoms with van der Waals surface area (Å²) >= 11 is 0. The molecular formula is C14H32. The molecule has 0 nitrogen and oxygen atoms in total. The van der Waals surface area contributed by atoms with Crippen molar-refractivity contribution in [2.75, 3.05) is 0 Å². The van der Waals surface area contributed by atoms with Crippen molar-refractivity contribution in [2.24, 2.45) is 11.3 Å². The van der Waals surface area contributed by atoms with Gasteiger partial charge in [-0.1, -0.05) is 61.3 Å². The molecule has 0 spiro atoms. The van der Waals surface area contributed by atoms with Gasteiger partial charge in [0.2, 0.25) is 0 Å². The first-order valence-corrected chi connectivity index (χ1v) is 6.04. The Morgan fingerprint density at radius 2 is 1.29 bits per heavy atom. The van der Waals surface area contributed by atoms with E-state index in [9.17, 15) is 0 Å². The van der Waals surface area contributed by atoms with E-state index < -0.39 is 0 Å². The third-order valence-corrected chi connectivity index (χ3v) is 2.61. The normalized spacial score (nSPS) is 9.71. The van der Waals surface area contributed by atoms with Gasteiger partial charge < -0.3 is 0 Å². The van der Waals surface area contributed by atoms with Gasteiger partial charge in [0.15, 0.2) is 0 Å². The van der Waals surface area contributed by atoms with E-state index in [1.807, 2.05) is 13.8 Å². The van der Waals surface area contributed by atoms with Crippen LogP contribution in [0.15, 0.2) is 13.2 Å². The molecule has 0 heteroatoms. The van der Waals surface area contributed by atoms with Crippen LogP contribution >= 0.6 is 0 Å². The molecule has 0 radical (unpaired) electrons. The molecule has 0 fully saturated rings.